The maximum absolute atomic E-state index is 12.4. The normalized spacial score (nSPS) is 20.2. The number of nitrogens with zero attached hydrogens (tertiary/aromatic N) is 2. The number of ether oxygens (including phenoxy) is 2. The van der Waals surface area contributed by atoms with Crippen molar-refractivity contribution in [3.8, 4) is 5.75 Å². The van der Waals surface area contributed by atoms with Crippen LogP contribution in [0.3, 0.4) is 0 Å². The maximum Gasteiger partial charge on any atom is 0.322 e. The molecule has 2 aromatic rings. The maximum atomic E-state index is 12.4. The molecule has 6 heteroatoms. The molecule has 3 rings (SSSR count). The summed E-state index contributed by atoms with van der Waals surface area (Å²) in [6.07, 6.45) is 3.62. The molecule has 0 bridgehead atoms. The summed E-state index contributed by atoms with van der Waals surface area (Å²) in [5.41, 5.74) is 1.75. The lowest BCUT2D eigenvalue weighted by atomic mass is 10.2. The third kappa shape index (κ3) is 4.93. The van der Waals surface area contributed by atoms with E-state index in [2.05, 4.69) is 10.3 Å². The lowest BCUT2D eigenvalue weighted by molar-refractivity contribution is -0.0530. The van der Waals surface area contributed by atoms with E-state index in [9.17, 15) is 4.79 Å². The highest BCUT2D eigenvalue weighted by atomic mass is 16.5. The SMILES string of the molecule is CC1CN(C(=O)Nc2ccc(OCc3cccnc3)cc2)CC(C)O1. The van der Waals surface area contributed by atoms with Crippen molar-refractivity contribution in [2.75, 3.05) is 18.4 Å². The molecule has 1 saturated heterocycles. The van der Waals surface area contributed by atoms with E-state index in [1.54, 1.807) is 17.3 Å². The molecule has 2 unspecified atom stereocenters. The minimum atomic E-state index is -0.106. The van der Waals surface area contributed by atoms with Gasteiger partial charge in [0.15, 0.2) is 0 Å². The van der Waals surface area contributed by atoms with Gasteiger partial charge in [-0.1, -0.05) is 6.07 Å². The lowest BCUT2D eigenvalue weighted by Gasteiger charge is -2.35. The predicted octanol–water partition coefficient (Wildman–Crippen LogP) is 3.30. The summed E-state index contributed by atoms with van der Waals surface area (Å²) in [5.74, 6) is 0.746. The third-order valence-electron chi connectivity index (χ3n) is 3.94. The van der Waals surface area contributed by atoms with Crippen molar-refractivity contribution >= 4 is 11.7 Å². The molecule has 1 aromatic carbocycles. The van der Waals surface area contributed by atoms with Gasteiger partial charge in [-0.15, -0.1) is 0 Å². The Morgan fingerprint density at radius 3 is 2.60 bits per heavy atom. The molecule has 2 atom stereocenters. The molecule has 0 radical (unpaired) electrons. The number of urea groups is 1. The van der Waals surface area contributed by atoms with Crippen molar-refractivity contribution in [2.45, 2.75) is 32.7 Å². The van der Waals surface area contributed by atoms with Crippen LogP contribution in [-0.2, 0) is 11.3 Å². The zero-order chi connectivity index (χ0) is 17.6. The van der Waals surface area contributed by atoms with Gasteiger partial charge in [0.25, 0.3) is 0 Å². The molecule has 6 nitrogen and oxygen atoms in total. The van der Waals surface area contributed by atoms with Crippen LogP contribution in [0.15, 0.2) is 48.8 Å². The van der Waals surface area contributed by atoms with Crippen molar-refractivity contribution < 1.29 is 14.3 Å². The number of hydrogen-bond donors (Lipinski definition) is 1. The van der Waals surface area contributed by atoms with Crippen molar-refractivity contribution in [2.24, 2.45) is 0 Å². The first kappa shape index (κ1) is 17.2. The van der Waals surface area contributed by atoms with Gasteiger partial charge in [-0.3, -0.25) is 4.98 Å². The van der Waals surface area contributed by atoms with Crippen molar-refractivity contribution in [1.82, 2.24) is 9.88 Å². The average molecular weight is 341 g/mol. The Morgan fingerprint density at radius 1 is 1.24 bits per heavy atom. The number of aromatic nitrogens is 1. The number of carbonyl (C=O) groups is 1. The molecule has 2 heterocycles. The lowest BCUT2D eigenvalue weighted by Crippen LogP contribution is -2.49. The zero-order valence-electron chi connectivity index (χ0n) is 14.5. The summed E-state index contributed by atoms with van der Waals surface area (Å²) in [4.78, 5) is 18.2. The van der Waals surface area contributed by atoms with Gasteiger partial charge in [0.2, 0.25) is 0 Å². The standard InChI is InChI=1S/C19H23N3O3/c1-14-11-22(12-15(2)25-14)19(23)21-17-5-7-18(8-6-17)24-13-16-4-3-9-20-10-16/h3-10,14-15H,11-13H2,1-2H3,(H,21,23). The van der Waals surface area contributed by atoms with Gasteiger partial charge in [-0.05, 0) is 44.2 Å². The molecule has 1 aliphatic heterocycles. The summed E-state index contributed by atoms with van der Waals surface area (Å²) >= 11 is 0. The van der Waals surface area contributed by atoms with E-state index in [0.717, 1.165) is 17.0 Å². The van der Waals surface area contributed by atoms with Gasteiger partial charge in [0, 0.05) is 36.7 Å². The Labute approximate surface area is 147 Å². The average Bonchev–Trinajstić information content (AvgIpc) is 2.61. The molecular formula is C19H23N3O3. The third-order valence-corrected chi connectivity index (χ3v) is 3.94. The second-order valence-electron chi connectivity index (χ2n) is 6.27. The van der Waals surface area contributed by atoms with Crippen LogP contribution < -0.4 is 10.1 Å². The van der Waals surface area contributed by atoms with E-state index in [0.29, 0.717) is 19.7 Å². The number of anilines is 1. The summed E-state index contributed by atoms with van der Waals surface area (Å²) in [6, 6.07) is 11.1. The molecule has 1 aliphatic rings. The van der Waals surface area contributed by atoms with E-state index in [1.165, 1.54) is 0 Å². The predicted molar refractivity (Wildman–Crippen MR) is 95.6 cm³/mol. The highest BCUT2D eigenvalue weighted by Crippen LogP contribution is 2.18. The number of amides is 2. The number of benzene rings is 1. The van der Waals surface area contributed by atoms with Crippen LogP contribution in [0.4, 0.5) is 10.5 Å². The monoisotopic (exact) mass is 341 g/mol. The van der Waals surface area contributed by atoms with E-state index in [4.69, 9.17) is 9.47 Å². The minimum absolute atomic E-state index is 0.0535. The first-order valence-electron chi connectivity index (χ1n) is 8.43. The molecule has 2 amide bonds. The Bertz CT molecular complexity index is 681. The Balaban J connectivity index is 1.52. The quantitative estimate of drug-likeness (QED) is 0.927. The van der Waals surface area contributed by atoms with Gasteiger partial charge in [0.05, 0.1) is 12.2 Å². The van der Waals surface area contributed by atoms with Crippen LogP contribution in [0.2, 0.25) is 0 Å². The smallest absolute Gasteiger partial charge is 0.322 e. The van der Waals surface area contributed by atoms with Gasteiger partial charge in [-0.2, -0.15) is 0 Å². The van der Waals surface area contributed by atoms with Crippen LogP contribution in [0.25, 0.3) is 0 Å². The fraction of sp³-hybridized carbons (Fsp3) is 0.368. The number of nitrogens with one attached hydrogen (secondary N) is 1. The Kier molecular flexibility index (Phi) is 5.50. The van der Waals surface area contributed by atoms with Gasteiger partial charge in [0.1, 0.15) is 12.4 Å². The van der Waals surface area contributed by atoms with Crippen LogP contribution >= 0.6 is 0 Å². The molecular weight excluding hydrogens is 318 g/mol. The number of morpholine rings is 1. The van der Waals surface area contributed by atoms with Crippen LogP contribution in [0.1, 0.15) is 19.4 Å². The largest absolute Gasteiger partial charge is 0.489 e. The number of carbonyl (C=O) groups excluding carboxylic acids is 1. The molecule has 132 valence electrons. The first-order valence-corrected chi connectivity index (χ1v) is 8.43. The molecule has 1 N–H and O–H groups in total. The zero-order valence-corrected chi connectivity index (χ0v) is 14.5. The Hall–Kier alpha value is -2.60. The van der Waals surface area contributed by atoms with Gasteiger partial charge in [-0.25, -0.2) is 4.79 Å². The van der Waals surface area contributed by atoms with E-state index in [-0.39, 0.29) is 18.2 Å². The summed E-state index contributed by atoms with van der Waals surface area (Å²) in [6.45, 7) is 5.61. The van der Waals surface area contributed by atoms with Crippen molar-refractivity contribution in [3.63, 3.8) is 0 Å². The van der Waals surface area contributed by atoms with Crippen molar-refractivity contribution in [1.29, 1.82) is 0 Å². The minimum Gasteiger partial charge on any atom is -0.489 e. The molecule has 1 fully saturated rings. The number of pyridine rings is 1. The molecule has 0 aliphatic carbocycles. The molecule has 1 aromatic heterocycles. The topological polar surface area (TPSA) is 63.7 Å². The van der Waals surface area contributed by atoms with Crippen LogP contribution in [-0.4, -0.2) is 41.2 Å². The Morgan fingerprint density at radius 2 is 1.96 bits per heavy atom. The molecule has 25 heavy (non-hydrogen) atoms. The number of rotatable bonds is 4. The highest BCUT2D eigenvalue weighted by Gasteiger charge is 2.25. The van der Waals surface area contributed by atoms with Gasteiger partial charge < -0.3 is 19.7 Å². The summed E-state index contributed by atoms with van der Waals surface area (Å²) < 4.78 is 11.4. The molecule has 0 spiro atoms. The van der Waals surface area contributed by atoms with E-state index < -0.39 is 0 Å². The van der Waals surface area contributed by atoms with Crippen molar-refractivity contribution in [3.05, 3.63) is 54.4 Å². The molecule has 0 saturated carbocycles. The fourth-order valence-corrected chi connectivity index (χ4v) is 2.83. The van der Waals surface area contributed by atoms with E-state index in [1.807, 2.05) is 50.2 Å². The second kappa shape index (κ2) is 7.98. The summed E-state index contributed by atoms with van der Waals surface area (Å²) in [7, 11) is 0. The van der Waals surface area contributed by atoms with E-state index >= 15 is 0 Å². The highest BCUT2D eigenvalue weighted by molar-refractivity contribution is 5.89. The van der Waals surface area contributed by atoms with Crippen LogP contribution in [0.5, 0.6) is 5.75 Å². The second-order valence-corrected chi connectivity index (χ2v) is 6.27. The first-order chi connectivity index (χ1) is 12.1. The number of hydrogen-bond acceptors (Lipinski definition) is 4. The summed E-state index contributed by atoms with van der Waals surface area (Å²) in [5, 5.41) is 2.92. The van der Waals surface area contributed by atoms with Crippen LogP contribution in [0, 0.1) is 0 Å². The van der Waals surface area contributed by atoms with Gasteiger partial charge >= 0.3 is 6.03 Å². The fourth-order valence-electron chi connectivity index (χ4n) is 2.83.